The largest absolute Gasteiger partial charge is 0.481 e. The van der Waals surface area contributed by atoms with Crippen molar-refractivity contribution in [3.63, 3.8) is 0 Å². The molecule has 7 aliphatic rings. The van der Waals surface area contributed by atoms with Gasteiger partial charge in [-0.2, -0.15) is 20.4 Å². The zero-order chi connectivity index (χ0) is 93.1. The van der Waals surface area contributed by atoms with Crippen LogP contribution in [0.4, 0.5) is 17.6 Å². The van der Waals surface area contributed by atoms with E-state index in [1.165, 1.54) is 58.0 Å². The van der Waals surface area contributed by atoms with E-state index in [0.29, 0.717) is 109 Å². The monoisotopic (exact) mass is 1910 g/mol. The van der Waals surface area contributed by atoms with Gasteiger partial charge in [-0.25, -0.2) is 17.6 Å². The Bertz CT molecular complexity index is 7000. The van der Waals surface area contributed by atoms with Gasteiger partial charge < -0.3 is 57.6 Å². The second-order valence-corrected chi connectivity index (χ2v) is 39.0. The Kier molecular flexibility index (Phi) is 26.3. The third-order valence-corrected chi connectivity index (χ3v) is 30.4. The van der Waals surface area contributed by atoms with Crippen molar-refractivity contribution < 1.29 is 76.1 Å². The zero-order valence-electron chi connectivity index (χ0n) is 73.8. The van der Waals surface area contributed by atoms with E-state index < -0.39 is 47.1 Å². The SMILES string of the molecule is O=C(O)C1CC(Cc2c(C3CCOCC3)n(-c3ccc(F)c(Cl)c3)c3cc4cn[nH]c4cc23)C1.O=C(O)C1CC(Cc2c(C3CCOCC3)n(-c3ccc(F)c(Cl)c3)c3cc4cn[nH]c4cc23)C1.O=C(O)C1CCC(Cc2c(C3CCOCC3)n(-c3ccc(F)c(Cl)c3)c3cc4cn[nH]c4cc23)CC1.O=C(O)CCc1c(C2CCOCC2)n(-c2ccc(F)c(Cl)c2)c2cc3cn[nH]c3cc12. The number of carboxylic acids is 4. The molecule has 3 saturated carbocycles. The third-order valence-electron chi connectivity index (χ3n) is 29.2. The van der Waals surface area contributed by atoms with E-state index in [1.54, 1.807) is 67.1 Å². The molecule has 135 heavy (non-hydrogen) atoms. The lowest BCUT2D eigenvalue weighted by atomic mass is 9.71. The van der Waals surface area contributed by atoms with Crippen LogP contribution in [0.1, 0.15) is 178 Å². The van der Waals surface area contributed by atoms with Crippen molar-refractivity contribution >= 4 is 158 Å². The van der Waals surface area contributed by atoms with Crippen LogP contribution in [0.25, 0.3) is 110 Å². The average Bonchev–Trinajstić information content (AvgIpc) is 1.60. The first-order valence-corrected chi connectivity index (χ1v) is 48.1. The smallest absolute Gasteiger partial charge is 0.306 e. The minimum Gasteiger partial charge on any atom is -0.481 e. The van der Waals surface area contributed by atoms with Gasteiger partial charge in [-0.3, -0.25) is 39.6 Å². The van der Waals surface area contributed by atoms with Gasteiger partial charge in [0.05, 0.1) is 107 Å². The fourth-order valence-corrected chi connectivity index (χ4v) is 23.0. The van der Waals surface area contributed by atoms with E-state index in [2.05, 4.69) is 95.5 Å². The van der Waals surface area contributed by atoms with E-state index in [1.807, 2.05) is 18.3 Å². The fraction of sp³-hybridized carbons (Fsp3) is 0.379. The number of aliphatic carboxylic acids is 4. The van der Waals surface area contributed by atoms with Crippen LogP contribution in [0, 0.1) is 58.8 Å². The van der Waals surface area contributed by atoms with Crippen molar-refractivity contribution in [1.29, 1.82) is 0 Å². The summed E-state index contributed by atoms with van der Waals surface area (Å²) in [6, 6.07) is 36.3. The number of aromatic amines is 4. The first-order valence-electron chi connectivity index (χ1n) is 46.5. The van der Waals surface area contributed by atoms with Gasteiger partial charge in [0.25, 0.3) is 0 Å². The molecular weight excluding hydrogens is 1820 g/mol. The fourth-order valence-electron chi connectivity index (χ4n) is 22.3. The highest BCUT2D eigenvalue weighted by molar-refractivity contribution is 6.32. The number of halogens is 8. The number of hydrogen-bond acceptors (Lipinski definition) is 12. The molecular formula is C103H100Cl4F4N12O12. The Hall–Kier alpha value is -11.6. The van der Waals surface area contributed by atoms with E-state index in [-0.39, 0.29) is 62.0 Å². The number of carboxylic acid groups (broad SMARTS) is 4. The van der Waals surface area contributed by atoms with Crippen molar-refractivity contribution in [3.05, 3.63) is 235 Å². The molecule has 16 aromatic rings. The topological polar surface area (TPSA) is 321 Å². The minimum atomic E-state index is -0.841. The number of benzene rings is 8. The summed E-state index contributed by atoms with van der Waals surface area (Å²) in [6.45, 7) is 5.53. The standard InChI is InChI=1S/C28H29ClFN3O3.2C26H25ClFN3O3.C23H21ClFN3O3/c29-23-13-20(5-6-24(23)30)33-26-12-19-15-31-32-25(19)14-21(26)22(27(33)17-7-9-36-10-8-17)11-16-1-3-18(4-2-16)28(34)35;2*27-21-11-18(1-2-22(21)28)31-24-10-17-13-29-30-23(17)12-19(24)20(9-14-7-16(8-14)26(32)33)25(31)15-3-5-34-6-4-15;24-18-10-15(1-3-19(18)25)28-21-9-14-12-26-27-20(14)11-17(21)16(2-4-22(29)30)23(28)13-5-7-31-8-6-13/h5-6,12-18H,1-4,7-11H2,(H,31,32)(H,34,35);2*1-2,10-16H,3-9H2,(H,29,30)(H,32,33);1,3,9-13H,2,4-8H2,(H,26,27)(H,29,30). The molecule has 8 aromatic carbocycles. The highest BCUT2D eigenvalue weighted by Gasteiger charge is 2.41. The summed E-state index contributed by atoms with van der Waals surface area (Å²) < 4.78 is 87.6. The number of hydrogen-bond donors (Lipinski definition) is 8. The van der Waals surface area contributed by atoms with Gasteiger partial charge in [-0.05, 0) is 290 Å². The highest BCUT2D eigenvalue weighted by atomic mass is 35.5. The second kappa shape index (κ2) is 38.9. The molecule has 12 heterocycles. The quantitative estimate of drug-likeness (QED) is 0.0329. The Labute approximate surface area is 791 Å². The lowest BCUT2D eigenvalue weighted by molar-refractivity contribution is -0.147. The number of H-pyrrole nitrogens is 4. The average molecular weight is 1920 g/mol. The summed E-state index contributed by atoms with van der Waals surface area (Å²) in [5, 5.41) is 75.3. The number of carbonyl (C=O) groups is 4. The third kappa shape index (κ3) is 18.3. The van der Waals surface area contributed by atoms with E-state index >= 15 is 0 Å². The molecule has 700 valence electrons. The Morgan fingerprint density at radius 2 is 0.593 bits per heavy atom. The minimum absolute atomic E-state index is 0.0283. The molecule has 7 fully saturated rings. The van der Waals surface area contributed by atoms with Crippen LogP contribution in [0.15, 0.2) is 146 Å². The van der Waals surface area contributed by atoms with Gasteiger partial charge in [0.1, 0.15) is 23.3 Å². The van der Waals surface area contributed by atoms with Crippen molar-refractivity contribution in [3.8, 4) is 22.7 Å². The number of rotatable bonds is 20. The van der Waals surface area contributed by atoms with Crippen molar-refractivity contribution in [1.82, 2.24) is 59.1 Å². The maximum Gasteiger partial charge on any atom is 0.306 e. The lowest BCUT2D eigenvalue weighted by Gasteiger charge is -2.33. The lowest BCUT2D eigenvalue weighted by Crippen LogP contribution is -2.31. The van der Waals surface area contributed by atoms with Gasteiger partial charge in [0.15, 0.2) is 0 Å². The molecule has 0 radical (unpaired) electrons. The van der Waals surface area contributed by atoms with Crippen molar-refractivity contribution in [2.45, 2.75) is 159 Å². The molecule has 0 atom stereocenters. The number of nitrogens with one attached hydrogen (secondary N) is 4. The van der Waals surface area contributed by atoms with Crippen LogP contribution in [0.2, 0.25) is 20.1 Å². The van der Waals surface area contributed by atoms with Crippen LogP contribution in [-0.4, -0.2) is 156 Å². The van der Waals surface area contributed by atoms with E-state index in [9.17, 15) is 57.2 Å². The molecule has 24 nitrogen and oxygen atoms in total. The van der Waals surface area contributed by atoms with E-state index in [4.69, 9.17) is 65.4 Å². The number of ether oxygens (including phenoxy) is 4. The van der Waals surface area contributed by atoms with Gasteiger partial charge in [-0.1, -0.05) is 46.4 Å². The van der Waals surface area contributed by atoms with Crippen LogP contribution in [0.3, 0.4) is 0 Å². The van der Waals surface area contributed by atoms with Gasteiger partial charge in [0, 0.05) is 172 Å². The maximum atomic E-state index is 14.1. The molecule has 0 bridgehead atoms. The van der Waals surface area contributed by atoms with Crippen LogP contribution in [0.5, 0.6) is 0 Å². The summed E-state index contributed by atoms with van der Waals surface area (Å²) in [5.41, 5.74) is 20.6. The van der Waals surface area contributed by atoms with Crippen LogP contribution >= 0.6 is 46.4 Å². The zero-order valence-corrected chi connectivity index (χ0v) is 76.8. The molecule has 3 aliphatic carbocycles. The van der Waals surface area contributed by atoms with Crippen LogP contribution in [-0.2, 0) is 63.8 Å². The van der Waals surface area contributed by atoms with E-state index in [0.717, 1.165) is 218 Å². The van der Waals surface area contributed by atoms with Gasteiger partial charge in [-0.15, -0.1) is 0 Å². The molecule has 4 saturated heterocycles. The molecule has 0 unspecified atom stereocenters. The van der Waals surface area contributed by atoms with Crippen LogP contribution < -0.4 is 0 Å². The number of aryl methyl sites for hydroxylation is 1. The molecule has 4 aliphatic heterocycles. The number of aromatic nitrogens is 12. The molecule has 0 spiro atoms. The molecule has 0 amide bonds. The Balaban J connectivity index is 0.000000112. The maximum absolute atomic E-state index is 14.1. The number of fused-ring (bicyclic) bond motifs is 8. The molecule has 32 heteroatoms. The van der Waals surface area contributed by atoms with Crippen molar-refractivity contribution in [2.24, 2.45) is 35.5 Å². The first-order chi connectivity index (χ1) is 65.5. The first kappa shape index (κ1) is 91.2. The summed E-state index contributed by atoms with van der Waals surface area (Å²) in [4.78, 5) is 45.7. The molecule has 8 N–H and O–H groups in total. The summed E-state index contributed by atoms with van der Waals surface area (Å²) in [7, 11) is 0. The second-order valence-electron chi connectivity index (χ2n) is 37.4. The normalized spacial score (nSPS) is 19.9. The summed E-state index contributed by atoms with van der Waals surface area (Å²) in [5.74, 6) is -3.31. The molecule has 8 aromatic heterocycles. The predicted octanol–water partition coefficient (Wildman–Crippen LogP) is 23.5. The van der Waals surface area contributed by atoms with Crippen molar-refractivity contribution in [2.75, 3.05) is 52.9 Å². The Morgan fingerprint density at radius 3 is 0.852 bits per heavy atom. The summed E-state index contributed by atoms with van der Waals surface area (Å²) in [6.07, 6.45) is 23.3. The van der Waals surface area contributed by atoms with Gasteiger partial charge in [0.2, 0.25) is 0 Å². The number of nitrogens with zero attached hydrogens (tertiary/aromatic N) is 8. The summed E-state index contributed by atoms with van der Waals surface area (Å²) >= 11 is 24.8. The Morgan fingerprint density at radius 1 is 0.333 bits per heavy atom. The van der Waals surface area contributed by atoms with Gasteiger partial charge >= 0.3 is 23.9 Å². The molecule has 23 rings (SSSR count). The highest BCUT2D eigenvalue weighted by Crippen LogP contribution is 2.51. The predicted molar refractivity (Wildman–Crippen MR) is 511 cm³/mol.